The number of carbonyl (C=O) groups excluding carboxylic acids is 1. The molecule has 1 amide bonds. The number of hydrogen-bond donors (Lipinski definition) is 0. The highest BCUT2D eigenvalue weighted by Crippen LogP contribution is 2.27. The first kappa shape index (κ1) is 20.9. The Bertz CT molecular complexity index is 1030. The van der Waals surface area contributed by atoms with Crippen LogP contribution in [0, 0.1) is 11.7 Å². The zero-order valence-electron chi connectivity index (χ0n) is 17.9. The lowest BCUT2D eigenvalue weighted by molar-refractivity contribution is -0.136. The van der Waals surface area contributed by atoms with Gasteiger partial charge >= 0.3 is 0 Å². The van der Waals surface area contributed by atoms with Crippen molar-refractivity contribution in [3.63, 3.8) is 0 Å². The van der Waals surface area contributed by atoms with Gasteiger partial charge in [0.05, 0.1) is 10.8 Å². The molecule has 5 rings (SSSR count). The van der Waals surface area contributed by atoms with Gasteiger partial charge in [-0.3, -0.25) is 4.79 Å². The van der Waals surface area contributed by atoms with Crippen LogP contribution in [0.1, 0.15) is 12.8 Å². The maximum absolute atomic E-state index is 13.2. The Morgan fingerprint density at radius 3 is 2.44 bits per heavy atom. The maximum Gasteiger partial charge on any atom is 0.227 e. The monoisotopic (exact) mass is 451 g/mol. The molecular weight excluding hydrogens is 425 g/mol. The van der Waals surface area contributed by atoms with E-state index in [-0.39, 0.29) is 17.6 Å². The Balaban J connectivity index is 1.18. The Hall–Kier alpha value is -3.00. The van der Waals surface area contributed by atoms with Crippen molar-refractivity contribution < 1.29 is 9.18 Å². The van der Waals surface area contributed by atoms with Gasteiger partial charge < -0.3 is 14.7 Å². The lowest BCUT2D eigenvalue weighted by atomic mass is 9.96. The van der Waals surface area contributed by atoms with E-state index in [0.29, 0.717) is 19.6 Å². The normalized spacial score (nSPS) is 19.3. The van der Waals surface area contributed by atoms with E-state index in [2.05, 4.69) is 20.0 Å². The highest BCUT2D eigenvalue weighted by atomic mass is 32.1. The third-order valence-electron chi connectivity index (χ3n) is 6.30. The highest BCUT2D eigenvalue weighted by molar-refractivity contribution is 7.13. The summed E-state index contributed by atoms with van der Waals surface area (Å²) in [4.78, 5) is 20.7. The second kappa shape index (κ2) is 9.24. The number of rotatable bonds is 4. The molecule has 2 aromatic heterocycles. The summed E-state index contributed by atoms with van der Waals surface area (Å²) >= 11 is 1.65. The number of amides is 1. The standard InChI is InChI=1S/C24H26FN5OS/c25-19-5-7-20(8-6-19)28-12-14-29(15-13-28)24(31)18-3-1-11-30(17-18)23-10-9-21(26-27-23)22-4-2-16-32-22/h2,4-10,16,18H,1,3,11-15,17H2. The van der Waals surface area contributed by atoms with Gasteiger partial charge in [-0.05, 0) is 60.7 Å². The Kier molecular flexibility index (Phi) is 6.03. The molecule has 3 aromatic rings. The van der Waals surface area contributed by atoms with Crippen molar-refractivity contribution in [2.75, 3.05) is 49.1 Å². The van der Waals surface area contributed by atoms with E-state index in [9.17, 15) is 9.18 Å². The predicted molar refractivity (Wildman–Crippen MR) is 125 cm³/mol. The van der Waals surface area contributed by atoms with Crippen LogP contribution < -0.4 is 9.80 Å². The summed E-state index contributed by atoms with van der Waals surface area (Å²) in [5.74, 6) is 0.829. The van der Waals surface area contributed by atoms with E-state index < -0.39 is 0 Å². The lowest BCUT2D eigenvalue weighted by Gasteiger charge is -2.40. The third-order valence-corrected chi connectivity index (χ3v) is 7.19. The van der Waals surface area contributed by atoms with Crippen LogP contribution in [0.25, 0.3) is 10.6 Å². The van der Waals surface area contributed by atoms with Crippen molar-refractivity contribution in [3.8, 4) is 10.6 Å². The van der Waals surface area contributed by atoms with Gasteiger partial charge in [0.1, 0.15) is 11.5 Å². The van der Waals surface area contributed by atoms with E-state index in [4.69, 9.17) is 0 Å². The molecule has 1 atom stereocenters. The van der Waals surface area contributed by atoms with Gasteiger partial charge in [0, 0.05) is 45.0 Å². The minimum Gasteiger partial charge on any atom is -0.368 e. The average molecular weight is 452 g/mol. The smallest absolute Gasteiger partial charge is 0.227 e. The molecule has 4 heterocycles. The van der Waals surface area contributed by atoms with E-state index in [0.717, 1.165) is 54.6 Å². The van der Waals surface area contributed by atoms with Crippen LogP contribution >= 0.6 is 11.3 Å². The number of benzene rings is 1. The molecule has 2 aliphatic rings. The molecule has 0 saturated carbocycles. The highest BCUT2D eigenvalue weighted by Gasteiger charge is 2.31. The van der Waals surface area contributed by atoms with Crippen molar-refractivity contribution in [1.29, 1.82) is 0 Å². The van der Waals surface area contributed by atoms with Crippen LogP contribution in [0.2, 0.25) is 0 Å². The van der Waals surface area contributed by atoms with Gasteiger partial charge in [-0.1, -0.05) is 6.07 Å². The molecule has 0 bridgehead atoms. The topological polar surface area (TPSA) is 52.6 Å². The number of carbonyl (C=O) groups is 1. The third kappa shape index (κ3) is 4.46. The quantitative estimate of drug-likeness (QED) is 0.602. The average Bonchev–Trinajstić information content (AvgIpc) is 3.40. The zero-order chi connectivity index (χ0) is 21.9. The van der Waals surface area contributed by atoms with E-state index in [1.54, 1.807) is 23.5 Å². The molecule has 8 heteroatoms. The van der Waals surface area contributed by atoms with Gasteiger partial charge in [0.25, 0.3) is 0 Å². The van der Waals surface area contributed by atoms with E-state index >= 15 is 0 Å². The summed E-state index contributed by atoms with van der Waals surface area (Å²) in [6.07, 6.45) is 1.88. The van der Waals surface area contributed by atoms with Gasteiger partial charge in [-0.15, -0.1) is 21.5 Å². The number of nitrogens with zero attached hydrogens (tertiary/aromatic N) is 5. The fourth-order valence-electron chi connectivity index (χ4n) is 4.53. The molecule has 0 spiro atoms. The summed E-state index contributed by atoms with van der Waals surface area (Å²) in [6, 6.07) is 14.6. The predicted octanol–water partition coefficient (Wildman–Crippen LogP) is 3.91. The molecule has 2 fully saturated rings. The minimum atomic E-state index is -0.227. The molecule has 2 aliphatic heterocycles. The molecule has 1 aromatic carbocycles. The number of thiophene rings is 1. The lowest BCUT2D eigenvalue weighted by Crippen LogP contribution is -2.52. The summed E-state index contributed by atoms with van der Waals surface area (Å²) in [6.45, 7) is 4.51. The van der Waals surface area contributed by atoms with Crippen LogP contribution in [0.3, 0.4) is 0 Å². The van der Waals surface area contributed by atoms with Crippen molar-refractivity contribution >= 4 is 28.7 Å². The number of piperidine rings is 1. The first-order valence-electron chi connectivity index (χ1n) is 11.1. The van der Waals surface area contributed by atoms with Gasteiger partial charge in [0.15, 0.2) is 5.82 Å². The molecule has 1 unspecified atom stereocenters. The first-order valence-corrected chi connectivity index (χ1v) is 12.0. The maximum atomic E-state index is 13.2. The molecule has 0 radical (unpaired) electrons. The first-order chi connectivity index (χ1) is 15.7. The fraction of sp³-hybridized carbons (Fsp3) is 0.375. The molecule has 0 aliphatic carbocycles. The second-order valence-electron chi connectivity index (χ2n) is 8.33. The molecule has 32 heavy (non-hydrogen) atoms. The Labute approximate surface area is 191 Å². The number of hydrogen-bond acceptors (Lipinski definition) is 6. The Morgan fingerprint density at radius 2 is 1.75 bits per heavy atom. The SMILES string of the molecule is O=C(C1CCCN(c2ccc(-c3cccs3)nn2)C1)N1CCN(c2ccc(F)cc2)CC1. The summed E-state index contributed by atoms with van der Waals surface area (Å²) < 4.78 is 13.2. The van der Waals surface area contributed by atoms with Crippen molar-refractivity contribution in [1.82, 2.24) is 15.1 Å². The molecular formula is C24H26FN5OS. The van der Waals surface area contributed by atoms with Crippen LogP contribution in [0.4, 0.5) is 15.9 Å². The van der Waals surface area contributed by atoms with Crippen LogP contribution in [-0.4, -0.2) is 60.3 Å². The van der Waals surface area contributed by atoms with Crippen LogP contribution in [0.5, 0.6) is 0 Å². The minimum absolute atomic E-state index is 0.0140. The number of halogens is 1. The number of anilines is 2. The molecule has 2 saturated heterocycles. The molecule has 0 N–H and O–H groups in total. The Morgan fingerprint density at radius 1 is 0.938 bits per heavy atom. The van der Waals surface area contributed by atoms with Crippen molar-refractivity contribution in [2.45, 2.75) is 12.8 Å². The fourth-order valence-corrected chi connectivity index (χ4v) is 5.22. The summed E-state index contributed by atoms with van der Waals surface area (Å²) in [7, 11) is 0. The van der Waals surface area contributed by atoms with Crippen molar-refractivity contribution in [3.05, 3.63) is 59.7 Å². The van der Waals surface area contributed by atoms with Crippen LogP contribution in [-0.2, 0) is 4.79 Å². The number of aromatic nitrogens is 2. The van der Waals surface area contributed by atoms with Crippen LogP contribution in [0.15, 0.2) is 53.9 Å². The summed E-state index contributed by atoms with van der Waals surface area (Å²) in [5.41, 5.74) is 1.89. The number of piperazine rings is 1. The van der Waals surface area contributed by atoms with Crippen molar-refractivity contribution in [2.24, 2.45) is 5.92 Å². The van der Waals surface area contributed by atoms with Gasteiger partial charge in [0.2, 0.25) is 5.91 Å². The largest absolute Gasteiger partial charge is 0.368 e. The molecule has 6 nitrogen and oxygen atoms in total. The molecule has 166 valence electrons. The second-order valence-corrected chi connectivity index (χ2v) is 9.28. The zero-order valence-corrected chi connectivity index (χ0v) is 18.7. The van der Waals surface area contributed by atoms with Gasteiger partial charge in [-0.25, -0.2) is 4.39 Å². The van der Waals surface area contributed by atoms with E-state index in [1.165, 1.54) is 12.1 Å². The van der Waals surface area contributed by atoms with Gasteiger partial charge in [-0.2, -0.15) is 0 Å². The van der Waals surface area contributed by atoms with E-state index in [1.807, 2.05) is 34.5 Å². The summed E-state index contributed by atoms with van der Waals surface area (Å²) in [5, 5.41) is 10.9.